The summed E-state index contributed by atoms with van der Waals surface area (Å²) in [4.78, 5) is 16.8. The van der Waals surface area contributed by atoms with Crippen molar-refractivity contribution in [3.63, 3.8) is 0 Å². The van der Waals surface area contributed by atoms with Crippen molar-refractivity contribution in [1.82, 2.24) is 15.3 Å². The Balaban J connectivity index is 1.69. The Morgan fingerprint density at radius 2 is 2.00 bits per heavy atom. The molecule has 0 amide bonds. The van der Waals surface area contributed by atoms with E-state index in [1.807, 2.05) is 31.2 Å². The van der Waals surface area contributed by atoms with E-state index in [1.54, 1.807) is 7.05 Å². The van der Waals surface area contributed by atoms with Gasteiger partial charge in [0, 0.05) is 55.8 Å². The number of nitrogens with zero attached hydrogens (tertiary/aromatic N) is 4. The molecule has 1 unspecified atom stereocenters. The van der Waals surface area contributed by atoms with Gasteiger partial charge in [0.1, 0.15) is 24.3 Å². The van der Waals surface area contributed by atoms with Gasteiger partial charge in [-0.2, -0.15) is 0 Å². The number of aliphatic hydroxyl groups is 1. The maximum Gasteiger partial charge on any atom is 0.162 e. The first-order valence-corrected chi connectivity index (χ1v) is 11.9. The van der Waals surface area contributed by atoms with Crippen LogP contribution in [0.2, 0.25) is 0 Å². The highest BCUT2D eigenvalue weighted by Crippen LogP contribution is 2.31. The van der Waals surface area contributed by atoms with E-state index in [0.29, 0.717) is 30.7 Å². The Labute approximate surface area is 201 Å². The summed E-state index contributed by atoms with van der Waals surface area (Å²) in [5, 5.41) is 12.9. The van der Waals surface area contributed by atoms with Crippen LogP contribution in [0.5, 0.6) is 5.75 Å². The summed E-state index contributed by atoms with van der Waals surface area (Å²) in [6.07, 6.45) is 1.38. The number of aliphatic hydroxyl groups excluding tert-OH is 1. The highest BCUT2D eigenvalue weighted by molar-refractivity contribution is 6.24. The van der Waals surface area contributed by atoms with Crippen LogP contribution in [-0.4, -0.2) is 79.9 Å². The molecule has 1 fully saturated rings. The van der Waals surface area contributed by atoms with Gasteiger partial charge in [0.2, 0.25) is 0 Å². The SMILES string of the molecule is CNCC(O)COc1cccc(-c2nc(C3=C(C)CN=C3C)cc(N(C)C3CCOCC3)n2)c1. The molecule has 0 bridgehead atoms. The molecule has 2 aromatic rings. The monoisotopic (exact) mass is 465 g/mol. The van der Waals surface area contributed by atoms with Gasteiger partial charge in [-0.3, -0.25) is 4.99 Å². The molecule has 1 aromatic heterocycles. The molecule has 2 aliphatic heterocycles. The topological polar surface area (TPSA) is 92.1 Å². The van der Waals surface area contributed by atoms with Crippen molar-refractivity contribution in [3.8, 4) is 17.1 Å². The molecule has 2 N–H and O–H groups in total. The number of allylic oxidation sites excluding steroid dienone is 1. The van der Waals surface area contributed by atoms with E-state index < -0.39 is 6.10 Å². The molecule has 34 heavy (non-hydrogen) atoms. The number of anilines is 1. The second kappa shape index (κ2) is 11.1. The molecule has 182 valence electrons. The minimum Gasteiger partial charge on any atom is -0.491 e. The average molecular weight is 466 g/mol. The first-order valence-electron chi connectivity index (χ1n) is 11.9. The Morgan fingerprint density at radius 3 is 2.71 bits per heavy atom. The molecule has 0 spiro atoms. The van der Waals surface area contributed by atoms with Crippen LogP contribution in [0.15, 0.2) is 40.9 Å². The summed E-state index contributed by atoms with van der Waals surface area (Å²) in [6.45, 7) is 7.10. The zero-order chi connectivity index (χ0) is 24.1. The lowest BCUT2D eigenvalue weighted by molar-refractivity contribution is 0.0853. The predicted octanol–water partition coefficient (Wildman–Crippen LogP) is 2.97. The Bertz CT molecular complexity index is 1060. The molecule has 0 saturated carbocycles. The molecule has 1 aromatic carbocycles. The zero-order valence-electron chi connectivity index (χ0n) is 20.5. The molecular formula is C26H35N5O3. The molecular weight excluding hydrogens is 430 g/mol. The molecule has 8 nitrogen and oxygen atoms in total. The molecule has 3 heterocycles. The standard InChI is InChI=1S/C26H35N5O3/c1-17-14-28-18(2)25(17)23-13-24(31(4)20-8-10-33-11-9-20)30-26(29-23)19-6-5-7-22(12-19)34-16-21(32)15-27-3/h5-7,12-13,20-21,27,32H,8-11,14-16H2,1-4H3. The minimum atomic E-state index is -0.576. The van der Waals surface area contributed by atoms with Crippen LogP contribution >= 0.6 is 0 Å². The summed E-state index contributed by atoms with van der Waals surface area (Å²) in [5.41, 5.74) is 5.10. The maximum absolute atomic E-state index is 9.98. The van der Waals surface area contributed by atoms with E-state index in [9.17, 15) is 5.11 Å². The summed E-state index contributed by atoms with van der Waals surface area (Å²) < 4.78 is 11.4. The van der Waals surface area contributed by atoms with Gasteiger partial charge in [0.25, 0.3) is 0 Å². The fraction of sp³-hybridized carbons (Fsp3) is 0.500. The summed E-state index contributed by atoms with van der Waals surface area (Å²) in [5.74, 6) is 2.21. The van der Waals surface area contributed by atoms with E-state index in [2.05, 4.69) is 35.2 Å². The van der Waals surface area contributed by atoms with Crippen molar-refractivity contribution in [2.24, 2.45) is 4.99 Å². The molecule has 8 heteroatoms. The molecule has 0 radical (unpaired) electrons. The van der Waals surface area contributed by atoms with Crippen molar-refractivity contribution >= 4 is 17.1 Å². The number of benzene rings is 1. The lowest BCUT2D eigenvalue weighted by atomic mass is 10.0. The molecule has 2 aliphatic rings. The molecule has 1 saturated heterocycles. The normalized spacial score (nSPS) is 17.6. The van der Waals surface area contributed by atoms with E-state index in [-0.39, 0.29) is 6.61 Å². The third-order valence-electron chi connectivity index (χ3n) is 6.39. The average Bonchev–Trinajstić information content (AvgIpc) is 3.20. The van der Waals surface area contributed by atoms with Crippen molar-refractivity contribution in [1.29, 1.82) is 0 Å². The number of hydrogen-bond donors (Lipinski definition) is 2. The first kappa shape index (κ1) is 24.3. The van der Waals surface area contributed by atoms with Gasteiger partial charge in [0.15, 0.2) is 5.82 Å². The number of rotatable bonds is 9. The summed E-state index contributed by atoms with van der Waals surface area (Å²) >= 11 is 0. The fourth-order valence-corrected chi connectivity index (χ4v) is 4.45. The largest absolute Gasteiger partial charge is 0.491 e. The maximum atomic E-state index is 9.98. The van der Waals surface area contributed by atoms with Gasteiger partial charge in [-0.1, -0.05) is 12.1 Å². The molecule has 4 rings (SSSR count). The van der Waals surface area contributed by atoms with E-state index in [1.165, 1.54) is 5.57 Å². The highest BCUT2D eigenvalue weighted by Gasteiger charge is 2.23. The van der Waals surface area contributed by atoms with Crippen molar-refractivity contribution in [2.45, 2.75) is 38.8 Å². The van der Waals surface area contributed by atoms with Gasteiger partial charge in [-0.15, -0.1) is 0 Å². The highest BCUT2D eigenvalue weighted by atomic mass is 16.5. The quantitative estimate of drug-likeness (QED) is 0.588. The van der Waals surface area contributed by atoms with Crippen LogP contribution < -0.4 is 15.0 Å². The van der Waals surface area contributed by atoms with Crippen molar-refractivity contribution < 1.29 is 14.6 Å². The Kier molecular flexibility index (Phi) is 7.92. The number of nitrogens with one attached hydrogen (secondary N) is 1. The minimum absolute atomic E-state index is 0.213. The van der Waals surface area contributed by atoms with Crippen LogP contribution in [0, 0.1) is 0 Å². The van der Waals surface area contributed by atoms with Gasteiger partial charge < -0.3 is 24.8 Å². The third kappa shape index (κ3) is 5.63. The second-order valence-electron chi connectivity index (χ2n) is 9.00. The Morgan fingerprint density at radius 1 is 1.21 bits per heavy atom. The molecule has 0 aliphatic carbocycles. The van der Waals surface area contributed by atoms with E-state index >= 15 is 0 Å². The zero-order valence-corrected chi connectivity index (χ0v) is 20.5. The van der Waals surface area contributed by atoms with Gasteiger partial charge in [-0.05, 0) is 51.4 Å². The number of aromatic nitrogens is 2. The number of ether oxygens (including phenoxy) is 2. The van der Waals surface area contributed by atoms with Crippen LogP contribution in [0.3, 0.4) is 0 Å². The number of likely N-dealkylation sites (N-methyl/N-ethyl adjacent to an activating group) is 1. The number of hydrogen-bond acceptors (Lipinski definition) is 8. The van der Waals surface area contributed by atoms with Gasteiger partial charge >= 0.3 is 0 Å². The summed E-state index contributed by atoms with van der Waals surface area (Å²) in [6, 6.07) is 10.2. The van der Waals surface area contributed by atoms with Crippen LogP contribution in [0.1, 0.15) is 32.4 Å². The predicted molar refractivity (Wildman–Crippen MR) is 136 cm³/mol. The Hall–Kier alpha value is -2.81. The molecule has 1 atom stereocenters. The smallest absolute Gasteiger partial charge is 0.162 e. The van der Waals surface area contributed by atoms with Gasteiger partial charge in [0.05, 0.1) is 12.2 Å². The second-order valence-corrected chi connectivity index (χ2v) is 9.00. The third-order valence-corrected chi connectivity index (χ3v) is 6.39. The number of aliphatic imine (C=N–C) groups is 1. The van der Waals surface area contributed by atoms with Crippen LogP contribution in [-0.2, 0) is 4.74 Å². The van der Waals surface area contributed by atoms with Crippen molar-refractivity contribution in [3.05, 3.63) is 41.6 Å². The van der Waals surface area contributed by atoms with Crippen LogP contribution in [0.25, 0.3) is 17.0 Å². The van der Waals surface area contributed by atoms with E-state index in [4.69, 9.17) is 19.4 Å². The summed E-state index contributed by atoms with van der Waals surface area (Å²) in [7, 11) is 3.91. The lowest BCUT2D eigenvalue weighted by Crippen LogP contribution is -2.37. The first-order chi connectivity index (χ1) is 16.5. The van der Waals surface area contributed by atoms with Crippen molar-refractivity contribution in [2.75, 3.05) is 51.9 Å². The van der Waals surface area contributed by atoms with Crippen LogP contribution in [0.4, 0.5) is 5.82 Å². The fourth-order valence-electron chi connectivity index (χ4n) is 4.45. The van der Waals surface area contributed by atoms with Gasteiger partial charge in [-0.25, -0.2) is 9.97 Å². The van der Waals surface area contributed by atoms with E-state index in [0.717, 1.165) is 54.4 Å². The lowest BCUT2D eigenvalue weighted by Gasteiger charge is -2.32.